The number of unbranched alkanes of at least 4 members (excludes halogenated alkanes) is 5. The van der Waals surface area contributed by atoms with Gasteiger partial charge in [0.2, 0.25) is 0 Å². The van der Waals surface area contributed by atoms with Crippen LogP contribution in [0.5, 0.6) is 0 Å². The van der Waals surface area contributed by atoms with Crippen LogP contribution in [-0.2, 0) is 0 Å². The van der Waals surface area contributed by atoms with Gasteiger partial charge in [0.05, 0.1) is 0 Å². The molecule has 2 aromatic carbocycles. The van der Waals surface area contributed by atoms with Crippen molar-refractivity contribution in [2.75, 3.05) is 44.5 Å². The smallest absolute Gasteiger partial charge is 0.0440 e. The monoisotopic (exact) mass is 379 g/mol. The lowest BCUT2D eigenvalue weighted by Gasteiger charge is -2.23. The summed E-state index contributed by atoms with van der Waals surface area (Å²) in [4.78, 5) is 4.41. The molecule has 0 aliphatic rings. The molecule has 3 nitrogen and oxygen atoms in total. The molecule has 3 heteroatoms. The number of anilines is 2. The van der Waals surface area contributed by atoms with Crippen LogP contribution in [-0.4, -0.2) is 34.7 Å². The number of rotatable bonds is 11. The predicted octanol–water partition coefficient (Wildman–Crippen LogP) is 5.55. The van der Waals surface area contributed by atoms with E-state index in [0.29, 0.717) is 0 Å². The van der Waals surface area contributed by atoms with Crippen LogP contribution in [0.2, 0.25) is 0 Å². The number of hydrogen-bond donors (Lipinski definition) is 1. The zero-order chi connectivity index (χ0) is 20.4. The first-order chi connectivity index (χ1) is 13.6. The molecule has 2 rings (SSSR count). The largest absolute Gasteiger partial charge is 0.377 e. The molecule has 0 heterocycles. The van der Waals surface area contributed by atoms with E-state index in [-0.39, 0.29) is 0 Å². The third-order valence-corrected chi connectivity index (χ3v) is 5.11. The van der Waals surface area contributed by atoms with Crippen LogP contribution in [0.4, 0.5) is 11.4 Å². The van der Waals surface area contributed by atoms with Gasteiger partial charge in [-0.05, 0) is 43.5 Å². The van der Waals surface area contributed by atoms with Crippen LogP contribution in [0.15, 0.2) is 54.6 Å². The molecule has 2 aromatic rings. The summed E-state index contributed by atoms with van der Waals surface area (Å²) in [5.74, 6) is 0. The Morgan fingerprint density at radius 3 is 1.68 bits per heavy atom. The molecule has 28 heavy (non-hydrogen) atoms. The average molecular weight is 380 g/mol. The van der Waals surface area contributed by atoms with E-state index in [2.05, 4.69) is 92.6 Å². The van der Waals surface area contributed by atoms with Crippen LogP contribution in [0, 0.1) is 0 Å². The summed E-state index contributed by atoms with van der Waals surface area (Å²) >= 11 is 0. The second-order valence-electron chi connectivity index (χ2n) is 7.79. The van der Waals surface area contributed by atoms with E-state index in [4.69, 9.17) is 5.73 Å². The molecule has 152 valence electrons. The van der Waals surface area contributed by atoms with Gasteiger partial charge in [-0.25, -0.2) is 0 Å². The standard InChI is InChI=1S/C25H37N3/c1-27(2)24-18-12-10-16-22(24)21(15-9-7-5-6-8-14-20-26)23-17-11-13-19-25(23)28(3)4/h10-13,15-19H,5-9,14,20,26H2,1-4H3. The van der Waals surface area contributed by atoms with Crippen LogP contribution in [0.3, 0.4) is 0 Å². The lowest BCUT2D eigenvalue weighted by Crippen LogP contribution is -2.13. The number of nitrogens with zero attached hydrogens (tertiary/aromatic N) is 2. The molecule has 0 bridgehead atoms. The van der Waals surface area contributed by atoms with Gasteiger partial charge in [-0.15, -0.1) is 0 Å². The molecule has 0 aliphatic heterocycles. The van der Waals surface area contributed by atoms with Gasteiger partial charge in [0.15, 0.2) is 0 Å². The third kappa shape index (κ3) is 6.13. The quantitative estimate of drug-likeness (QED) is 0.520. The lowest BCUT2D eigenvalue weighted by molar-refractivity contribution is 0.623. The summed E-state index contributed by atoms with van der Waals surface area (Å²) in [5, 5.41) is 0. The van der Waals surface area contributed by atoms with Crippen LogP contribution >= 0.6 is 0 Å². The minimum Gasteiger partial charge on any atom is -0.377 e. The zero-order valence-corrected chi connectivity index (χ0v) is 18.1. The Balaban J connectivity index is 2.34. The second-order valence-corrected chi connectivity index (χ2v) is 7.79. The van der Waals surface area contributed by atoms with E-state index in [9.17, 15) is 0 Å². The number of benzene rings is 2. The summed E-state index contributed by atoms with van der Waals surface area (Å²) in [6, 6.07) is 17.4. The predicted molar refractivity (Wildman–Crippen MR) is 125 cm³/mol. The van der Waals surface area contributed by atoms with Crippen molar-refractivity contribution in [2.24, 2.45) is 5.73 Å². The van der Waals surface area contributed by atoms with Crippen molar-refractivity contribution in [1.82, 2.24) is 0 Å². The van der Waals surface area contributed by atoms with Crippen molar-refractivity contribution in [3.05, 3.63) is 65.7 Å². The maximum absolute atomic E-state index is 5.60. The third-order valence-electron chi connectivity index (χ3n) is 5.11. The molecular weight excluding hydrogens is 342 g/mol. The normalized spacial score (nSPS) is 10.6. The Hall–Kier alpha value is -2.26. The molecular formula is C25H37N3. The van der Waals surface area contributed by atoms with Crippen LogP contribution in [0.25, 0.3) is 5.57 Å². The molecule has 0 atom stereocenters. The average Bonchev–Trinajstić information content (AvgIpc) is 2.70. The fourth-order valence-corrected chi connectivity index (χ4v) is 3.61. The van der Waals surface area contributed by atoms with Gasteiger partial charge in [-0.2, -0.15) is 0 Å². The summed E-state index contributed by atoms with van der Waals surface area (Å²) < 4.78 is 0. The molecule has 0 amide bonds. The topological polar surface area (TPSA) is 32.5 Å². The first-order valence-corrected chi connectivity index (χ1v) is 10.5. The van der Waals surface area contributed by atoms with Gasteiger partial charge in [0, 0.05) is 50.7 Å². The van der Waals surface area contributed by atoms with Gasteiger partial charge < -0.3 is 15.5 Å². The van der Waals surface area contributed by atoms with Crippen molar-refractivity contribution in [3.63, 3.8) is 0 Å². The number of allylic oxidation sites excluding steroid dienone is 1. The SMILES string of the molecule is CN(C)c1ccccc1C(=CCCCCCCCN)c1ccccc1N(C)C. The van der Waals surface area contributed by atoms with Crippen molar-refractivity contribution < 1.29 is 0 Å². The van der Waals surface area contributed by atoms with E-state index in [1.54, 1.807) is 0 Å². The fraction of sp³-hybridized carbons (Fsp3) is 0.440. The highest BCUT2D eigenvalue weighted by Gasteiger charge is 2.15. The molecule has 0 spiro atoms. The molecule has 0 fully saturated rings. The Labute approximate surface area is 171 Å². The van der Waals surface area contributed by atoms with Crippen molar-refractivity contribution in [3.8, 4) is 0 Å². The molecule has 0 saturated heterocycles. The van der Waals surface area contributed by atoms with Gasteiger partial charge in [-0.1, -0.05) is 61.7 Å². The van der Waals surface area contributed by atoms with Gasteiger partial charge in [0.25, 0.3) is 0 Å². The zero-order valence-electron chi connectivity index (χ0n) is 18.1. The summed E-state index contributed by atoms with van der Waals surface area (Å²) in [6.07, 6.45) is 9.71. The highest BCUT2D eigenvalue weighted by atomic mass is 15.1. The van der Waals surface area contributed by atoms with Crippen molar-refractivity contribution in [1.29, 1.82) is 0 Å². The summed E-state index contributed by atoms with van der Waals surface area (Å²) in [7, 11) is 8.47. The molecule has 0 aromatic heterocycles. The highest BCUT2D eigenvalue weighted by Crippen LogP contribution is 2.36. The first kappa shape index (κ1) is 22.0. The summed E-state index contributed by atoms with van der Waals surface area (Å²) in [5.41, 5.74) is 12.0. The molecule has 0 radical (unpaired) electrons. The van der Waals surface area contributed by atoms with Crippen LogP contribution < -0.4 is 15.5 Å². The number of nitrogens with two attached hydrogens (primary N) is 1. The Morgan fingerprint density at radius 2 is 1.18 bits per heavy atom. The summed E-state index contributed by atoms with van der Waals surface area (Å²) in [6.45, 7) is 0.812. The lowest BCUT2D eigenvalue weighted by atomic mass is 9.93. The van der Waals surface area contributed by atoms with E-state index in [1.165, 1.54) is 53.8 Å². The maximum atomic E-state index is 5.60. The molecule has 0 saturated carbocycles. The highest BCUT2D eigenvalue weighted by molar-refractivity contribution is 5.91. The Morgan fingerprint density at radius 1 is 0.714 bits per heavy atom. The van der Waals surface area contributed by atoms with Crippen molar-refractivity contribution >= 4 is 16.9 Å². The minimum atomic E-state index is 0.812. The van der Waals surface area contributed by atoms with Crippen LogP contribution in [0.1, 0.15) is 49.7 Å². The first-order valence-electron chi connectivity index (χ1n) is 10.5. The molecule has 0 unspecified atom stereocenters. The van der Waals surface area contributed by atoms with Crippen molar-refractivity contribution in [2.45, 2.75) is 38.5 Å². The number of hydrogen-bond acceptors (Lipinski definition) is 3. The minimum absolute atomic E-state index is 0.812. The Bertz CT molecular complexity index is 693. The fourth-order valence-electron chi connectivity index (χ4n) is 3.61. The van der Waals surface area contributed by atoms with Gasteiger partial charge >= 0.3 is 0 Å². The van der Waals surface area contributed by atoms with E-state index in [1.807, 2.05) is 0 Å². The Kier molecular flexibility index (Phi) is 9.09. The molecule has 2 N–H and O–H groups in total. The maximum Gasteiger partial charge on any atom is 0.0440 e. The second kappa shape index (κ2) is 11.6. The van der Waals surface area contributed by atoms with Gasteiger partial charge in [-0.3, -0.25) is 0 Å². The number of para-hydroxylation sites is 2. The molecule has 0 aliphatic carbocycles. The van der Waals surface area contributed by atoms with E-state index < -0.39 is 0 Å². The van der Waals surface area contributed by atoms with E-state index in [0.717, 1.165) is 19.4 Å². The van der Waals surface area contributed by atoms with Gasteiger partial charge in [0.1, 0.15) is 0 Å². The van der Waals surface area contributed by atoms with E-state index >= 15 is 0 Å².